The molecule has 1 unspecified atom stereocenters. The van der Waals surface area contributed by atoms with Crippen LogP contribution in [-0.4, -0.2) is 32.1 Å². The van der Waals surface area contributed by atoms with Crippen molar-refractivity contribution in [2.24, 2.45) is 0 Å². The Morgan fingerprint density at radius 2 is 2.37 bits per heavy atom. The molecule has 2 N–H and O–H groups in total. The van der Waals surface area contributed by atoms with E-state index in [1.165, 1.54) is 6.42 Å². The number of hydrogen-bond acceptors (Lipinski definition) is 3. The van der Waals surface area contributed by atoms with Gasteiger partial charge < -0.3 is 15.4 Å². The Labute approximate surface area is 133 Å². The number of amides is 1. The Morgan fingerprint density at radius 3 is 2.95 bits per heavy atom. The van der Waals surface area contributed by atoms with Crippen LogP contribution in [0.4, 0.5) is 0 Å². The number of halogens is 2. The summed E-state index contributed by atoms with van der Waals surface area (Å²) in [5.41, 5.74) is 0.703. The van der Waals surface area contributed by atoms with Gasteiger partial charge in [-0.25, -0.2) is 0 Å². The van der Waals surface area contributed by atoms with Crippen molar-refractivity contribution >= 4 is 40.9 Å². The van der Waals surface area contributed by atoms with Gasteiger partial charge in [-0.2, -0.15) is 0 Å². The van der Waals surface area contributed by atoms with Crippen LogP contribution in [0, 0.1) is 3.57 Å². The van der Waals surface area contributed by atoms with E-state index in [1.807, 2.05) is 12.1 Å². The Kier molecular flexibility index (Phi) is 6.88. The summed E-state index contributed by atoms with van der Waals surface area (Å²) in [7, 11) is 1.62. The molecule has 2 rings (SSSR count). The van der Waals surface area contributed by atoms with Crippen molar-refractivity contribution in [1.29, 1.82) is 0 Å². The number of nitrogens with one attached hydrogen (secondary N) is 2. The van der Waals surface area contributed by atoms with Crippen LogP contribution >= 0.6 is 35.0 Å². The summed E-state index contributed by atoms with van der Waals surface area (Å²) in [4.78, 5) is 12.0. The van der Waals surface area contributed by atoms with E-state index in [0.717, 1.165) is 22.3 Å². The maximum atomic E-state index is 12.0. The number of rotatable bonds is 4. The minimum absolute atomic E-state index is 0. The van der Waals surface area contributed by atoms with Crippen molar-refractivity contribution in [3.8, 4) is 5.75 Å². The number of hydrogen-bond donors (Lipinski definition) is 2. The predicted octanol–water partition coefficient (Wildman–Crippen LogP) is 2.20. The summed E-state index contributed by atoms with van der Waals surface area (Å²) in [6, 6.07) is 5.90. The first-order valence-electron chi connectivity index (χ1n) is 6.06. The molecule has 1 saturated heterocycles. The van der Waals surface area contributed by atoms with Crippen molar-refractivity contribution in [2.45, 2.75) is 18.9 Å². The van der Waals surface area contributed by atoms with Crippen molar-refractivity contribution in [3.05, 3.63) is 27.3 Å². The lowest BCUT2D eigenvalue weighted by molar-refractivity contribution is 0.0949. The van der Waals surface area contributed by atoms with E-state index in [2.05, 4.69) is 33.2 Å². The molecular formula is C13H18ClIN2O2. The molecule has 1 aliphatic heterocycles. The molecule has 0 saturated carbocycles. The average Bonchev–Trinajstić information content (AvgIpc) is 2.88. The van der Waals surface area contributed by atoms with Gasteiger partial charge in [-0.05, 0) is 60.2 Å². The smallest absolute Gasteiger partial charge is 0.252 e. The second kappa shape index (κ2) is 7.91. The van der Waals surface area contributed by atoms with Gasteiger partial charge in [0.1, 0.15) is 5.75 Å². The molecule has 6 heteroatoms. The van der Waals surface area contributed by atoms with Gasteiger partial charge in [0.25, 0.3) is 5.91 Å². The lowest BCUT2D eigenvalue weighted by Gasteiger charge is -2.12. The normalized spacial score (nSPS) is 17.7. The Hall–Kier alpha value is -0.530. The molecule has 0 aliphatic carbocycles. The van der Waals surface area contributed by atoms with E-state index in [0.29, 0.717) is 18.2 Å². The van der Waals surface area contributed by atoms with Gasteiger partial charge in [0, 0.05) is 16.2 Å². The second-order valence-electron chi connectivity index (χ2n) is 4.35. The SMILES string of the molecule is COc1ccc(C(=O)NCC2CCCN2)c(I)c1.Cl. The molecule has 1 aliphatic rings. The van der Waals surface area contributed by atoms with Crippen molar-refractivity contribution in [2.75, 3.05) is 20.2 Å². The summed E-state index contributed by atoms with van der Waals surface area (Å²) in [6.07, 6.45) is 2.33. The van der Waals surface area contributed by atoms with Gasteiger partial charge in [-0.3, -0.25) is 4.79 Å². The zero-order valence-corrected chi connectivity index (χ0v) is 13.7. The largest absolute Gasteiger partial charge is 0.497 e. The molecule has 19 heavy (non-hydrogen) atoms. The first-order valence-corrected chi connectivity index (χ1v) is 7.13. The molecule has 4 nitrogen and oxygen atoms in total. The maximum Gasteiger partial charge on any atom is 0.252 e. The molecule has 1 fully saturated rings. The number of carbonyl (C=O) groups excluding carboxylic acids is 1. The topological polar surface area (TPSA) is 50.4 Å². The molecule has 0 radical (unpaired) electrons. The Balaban J connectivity index is 0.00000180. The zero-order valence-electron chi connectivity index (χ0n) is 10.7. The van der Waals surface area contributed by atoms with Crippen LogP contribution < -0.4 is 15.4 Å². The lowest BCUT2D eigenvalue weighted by Crippen LogP contribution is -2.37. The number of methoxy groups -OCH3 is 1. The number of carbonyl (C=O) groups is 1. The Morgan fingerprint density at radius 1 is 1.58 bits per heavy atom. The van der Waals surface area contributed by atoms with Gasteiger partial charge in [-0.15, -0.1) is 12.4 Å². The fraction of sp³-hybridized carbons (Fsp3) is 0.462. The van der Waals surface area contributed by atoms with Gasteiger partial charge >= 0.3 is 0 Å². The van der Waals surface area contributed by atoms with Crippen LogP contribution in [-0.2, 0) is 0 Å². The minimum atomic E-state index is -0.0178. The number of benzene rings is 1. The van der Waals surface area contributed by atoms with Crippen LogP contribution in [0.25, 0.3) is 0 Å². The summed E-state index contributed by atoms with van der Waals surface area (Å²) in [5, 5.41) is 6.33. The molecular weight excluding hydrogens is 379 g/mol. The summed E-state index contributed by atoms with van der Waals surface area (Å²) in [6.45, 7) is 1.75. The molecule has 0 bridgehead atoms. The van der Waals surface area contributed by atoms with Crippen LogP contribution in [0.3, 0.4) is 0 Å². The first-order chi connectivity index (χ1) is 8.70. The quantitative estimate of drug-likeness (QED) is 0.767. The van der Waals surface area contributed by atoms with Crippen molar-refractivity contribution in [1.82, 2.24) is 10.6 Å². The van der Waals surface area contributed by atoms with E-state index in [-0.39, 0.29) is 18.3 Å². The van der Waals surface area contributed by atoms with Crippen LogP contribution in [0.2, 0.25) is 0 Å². The van der Waals surface area contributed by atoms with Crippen molar-refractivity contribution < 1.29 is 9.53 Å². The van der Waals surface area contributed by atoms with E-state index in [9.17, 15) is 4.79 Å². The van der Waals surface area contributed by atoms with Crippen LogP contribution in [0.5, 0.6) is 5.75 Å². The molecule has 0 aromatic heterocycles. The molecule has 1 aromatic rings. The number of ether oxygens (including phenoxy) is 1. The molecule has 1 atom stereocenters. The van der Waals surface area contributed by atoms with E-state index < -0.39 is 0 Å². The van der Waals surface area contributed by atoms with Gasteiger partial charge in [-0.1, -0.05) is 0 Å². The Bertz CT molecular complexity index is 437. The van der Waals surface area contributed by atoms with Gasteiger partial charge in [0.15, 0.2) is 0 Å². The summed E-state index contributed by atoms with van der Waals surface area (Å²) >= 11 is 2.16. The highest BCUT2D eigenvalue weighted by Gasteiger charge is 2.16. The third-order valence-electron chi connectivity index (χ3n) is 3.09. The predicted molar refractivity (Wildman–Crippen MR) is 86.3 cm³/mol. The fourth-order valence-electron chi connectivity index (χ4n) is 2.05. The van der Waals surface area contributed by atoms with E-state index >= 15 is 0 Å². The van der Waals surface area contributed by atoms with Gasteiger partial charge in [0.2, 0.25) is 0 Å². The molecule has 0 spiro atoms. The zero-order chi connectivity index (χ0) is 13.0. The summed E-state index contributed by atoms with van der Waals surface area (Å²) in [5.74, 6) is 0.754. The molecule has 1 amide bonds. The highest BCUT2D eigenvalue weighted by molar-refractivity contribution is 14.1. The highest BCUT2D eigenvalue weighted by Crippen LogP contribution is 2.19. The van der Waals surface area contributed by atoms with Crippen LogP contribution in [0.15, 0.2) is 18.2 Å². The maximum absolute atomic E-state index is 12.0. The standard InChI is InChI=1S/C13H17IN2O2.ClH/c1-18-10-4-5-11(12(14)7-10)13(17)16-8-9-3-2-6-15-9;/h4-5,7,9,15H,2-3,6,8H2,1H3,(H,16,17);1H. The fourth-order valence-corrected chi connectivity index (χ4v) is 2.78. The molecule has 1 aromatic carbocycles. The molecule has 106 valence electrons. The average molecular weight is 397 g/mol. The van der Waals surface area contributed by atoms with Crippen molar-refractivity contribution in [3.63, 3.8) is 0 Å². The third kappa shape index (κ3) is 4.50. The first kappa shape index (κ1) is 16.5. The second-order valence-corrected chi connectivity index (χ2v) is 5.51. The van der Waals surface area contributed by atoms with E-state index in [4.69, 9.17) is 4.74 Å². The van der Waals surface area contributed by atoms with Crippen LogP contribution in [0.1, 0.15) is 23.2 Å². The van der Waals surface area contributed by atoms with E-state index in [1.54, 1.807) is 13.2 Å². The minimum Gasteiger partial charge on any atom is -0.497 e. The lowest BCUT2D eigenvalue weighted by atomic mass is 10.2. The summed E-state index contributed by atoms with van der Waals surface area (Å²) < 4.78 is 6.03. The molecule has 1 heterocycles. The monoisotopic (exact) mass is 396 g/mol. The van der Waals surface area contributed by atoms with Gasteiger partial charge in [0.05, 0.1) is 12.7 Å². The highest BCUT2D eigenvalue weighted by atomic mass is 127. The third-order valence-corrected chi connectivity index (χ3v) is 3.98.